The number of rotatable bonds is 6. The van der Waals surface area contributed by atoms with Gasteiger partial charge in [-0.2, -0.15) is 9.36 Å². The maximum absolute atomic E-state index is 13.0. The summed E-state index contributed by atoms with van der Waals surface area (Å²) in [4.78, 5) is 33.8. The van der Waals surface area contributed by atoms with Crippen LogP contribution in [0.3, 0.4) is 0 Å². The van der Waals surface area contributed by atoms with Crippen LogP contribution in [0.15, 0.2) is 37.5 Å². The molecule has 0 radical (unpaired) electrons. The minimum atomic E-state index is -0.458. The minimum absolute atomic E-state index is 0.0832. The quantitative estimate of drug-likeness (QED) is 0.296. The number of fused-ring (bicyclic) bond motifs is 7. The third-order valence-corrected chi connectivity index (χ3v) is 15.3. The van der Waals surface area contributed by atoms with Gasteiger partial charge in [0.15, 0.2) is 0 Å². The first kappa shape index (κ1) is 33.4. The summed E-state index contributed by atoms with van der Waals surface area (Å²) < 4.78 is 20.2. The van der Waals surface area contributed by atoms with Gasteiger partial charge in [-0.25, -0.2) is 19.6 Å². The molecule has 2 aromatic heterocycles. The van der Waals surface area contributed by atoms with E-state index in [0.29, 0.717) is 42.8 Å². The number of hydrogen-bond donors (Lipinski definition) is 0. The standard InChI is InChI=1S/C37H54N6O5/c1-24(18-46-7)25-10-15-37(19-47-31(44)42-22-38-20-40-42)17-16-35(5)26(30(25)37)8-9-28-34(4)13-12-29(48-32(45)43-23-39-21-41-43)33(2,3)27(34)11-14-36(28,35)6/h20-23,25-30H,1,8-19H2,2-7H3/t25-,26?,27?,28?,29-,30?,34-,35+,36+,37+/m0/s1. The zero-order chi connectivity index (χ0) is 34.1. The van der Waals surface area contributed by atoms with Crippen molar-refractivity contribution in [2.24, 2.45) is 56.7 Å². The lowest BCUT2D eigenvalue weighted by Crippen LogP contribution is -2.67. The molecular weight excluding hydrogens is 608 g/mol. The predicted molar refractivity (Wildman–Crippen MR) is 178 cm³/mol. The molecule has 0 spiro atoms. The third kappa shape index (κ3) is 4.83. The summed E-state index contributed by atoms with van der Waals surface area (Å²) in [5, 5.41) is 8.02. The Kier molecular flexibility index (Phi) is 8.19. The van der Waals surface area contributed by atoms with Gasteiger partial charge in [-0.3, -0.25) is 0 Å². The molecule has 2 aromatic rings. The van der Waals surface area contributed by atoms with E-state index in [1.807, 2.05) is 0 Å². The van der Waals surface area contributed by atoms with E-state index in [1.165, 1.54) is 59.5 Å². The van der Waals surface area contributed by atoms with Crippen molar-refractivity contribution < 1.29 is 23.8 Å². The van der Waals surface area contributed by atoms with Gasteiger partial charge in [-0.15, -0.1) is 10.2 Å². The molecule has 5 aliphatic rings. The van der Waals surface area contributed by atoms with Gasteiger partial charge >= 0.3 is 12.2 Å². The van der Waals surface area contributed by atoms with Gasteiger partial charge in [-0.05, 0) is 116 Å². The summed E-state index contributed by atoms with van der Waals surface area (Å²) in [7, 11) is 1.76. The van der Waals surface area contributed by atoms with E-state index in [-0.39, 0.29) is 33.2 Å². The Labute approximate surface area is 284 Å². The van der Waals surface area contributed by atoms with E-state index >= 15 is 0 Å². The zero-order valence-corrected chi connectivity index (χ0v) is 29.7. The summed E-state index contributed by atoms with van der Waals surface area (Å²) in [5.74, 6) is 2.27. The van der Waals surface area contributed by atoms with Gasteiger partial charge in [-0.1, -0.05) is 41.2 Å². The average Bonchev–Trinajstić information content (AvgIpc) is 3.84. The van der Waals surface area contributed by atoms with E-state index < -0.39 is 12.2 Å². The van der Waals surface area contributed by atoms with E-state index in [4.69, 9.17) is 14.2 Å². The minimum Gasteiger partial charge on any atom is -0.447 e. The van der Waals surface area contributed by atoms with Crippen LogP contribution in [-0.2, 0) is 14.2 Å². The first-order valence-corrected chi connectivity index (χ1v) is 18.0. The van der Waals surface area contributed by atoms with Gasteiger partial charge in [0.2, 0.25) is 0 Å². The SMILES string of the molecule is C=C(COC)[C@@H]1CC[C@]2(COC(=O)n3cncn3)CC[C@]3(C)C(CCC4[C@@]5(C)CC[C@H](OC(=O)n6cncn6)C(C)(C)C5CC[C@]43C)C12. The van der Waals surface area contributed by atoms with Crippen LogP contribution in [0, 0.1) is 56.7 Å². The Morgan fingerprint density at radius 1 is 0.812 bits per heavy atom. The van der Waals surface area contributed by atoms with Crippen LogP contribution in [0.5, 0.6) is 0 Å². The largest absolute Gasteiger partial charge is 0.447 e. The van der Waals surface area contributed by atoms with Crippen molar-refractivity contribution in [1.82, 2.24) is 29.5 Å². The Bertz CT molecular complexity index is 1530. The van der Waals surface area contributed by atoms with Crippen molar-refractivity contribution in [2.45, 2.75) is 105 Å². The number of ether oxygens (including phenoxy) is 3. The van der Waals surface area contributed by atoms with Gasteiger partial charge in [0, 0.05) is 17.9 Å². The molecule has 48 heavy (non-hydrogen) atoms. The second kappa shape index (κ2) is 11.8. The number of carbonyl (C=O) groups excluding carboxylic acids is 2. The molecule has 11 heteroatoms. The van der Waals surface area contributed by atoms with E-state index in [9.17, 15) is 9.59 Å². The highest BCUT2D eigenvalue weighted by Gasteiger charge is 2.71. The number of methoxy groups -OCH3 is 1. The highest BCUT2D eigenvalue weighted by atomic mass is 16.6. The van der Waals surface area contributed by atoms with E-state index in [0.717, 1.165) is 44.9 Å². The van der Waals surface area contributed by atoms with Gasteiger partial charge in [0.25, 0.3) is 0 Å². The van der Waals surface area contributed by atoms with Crippen LogP contribution in [-0.4, -0.2) is 68.1 Å². The van der Waals surface area contributed by atoms with Crippen LogP contribution in [0.2, 0.25) is 0 Å². The fourth-order valence-corrected chi connectivity index (χ4v) is 13.0. The Balaban J connectivity index is 1.16. The first-order chi connectivity index (χ1) is 22.8. The van der Waals surface area contributed by atoms with E-state index in [2.05, 4.69) is 61.4 Å². The molecule has 11 nitrogen and oxygen atoms in total. The van der Waals surface area contributed by atoms with Crippen LogP contribution in [0.25, 0.3) is 0 Å². The highest BCUT2D eigenvalue weighted by molar-refractivity contribution is 5.69. The van der Waals surface area contributed by atoms with Crippen molar-refractivity contribution in [2.75, 3.05) is 20.3 Å². The van der Waals surface area contributed by atoms with Gasteiger partial charge in [0.1, 0.15) is 31.4 Å². The lowest BCUT2D eigenvalue weighted by Gasteiger charge is -2.73. The molecule has 7 rings (SSSR count). The molecule has 0 aliphatic heterocycles. The van der Waals surface area contributed by atoms with Crippen molar-refractivity contribution in [3.8, 4) is 0 Å². The van der Waals surface area contributed by atoms with Crippen LogP contribution in [0.1, 0.15) is 98.8 Å². The molecule has 5 fully saturated rings. The smallest absolute Gasteiger partial charge is 0.436 e. The highest BCUT2D eigenvalue weighted by Crippen LogP contribution is 2.77. The Morgan fingerprint density at radius 3 is 2.19 bits per heavy atom. The van der Waals surface area contributed by atoms with Crippen molar-refractivity contribution in [3.63, 3.8) is 0 Å². The molecule has 4 unspecified atom stereocenters. The molecule has 0 aromatic carbocycles. The Morgan fingerprint density at radius 2 is 1.52 bits per heavy atom. The summed E-state index contributed by atoms with van der Waals surface area (Å²) in [5.41, 5.74) is 1.40. The summed E-state index contributed by atoms with van der Waals surface area (Å²) in [6.07, 6.45) is 15.3. The molecular formula is C37H54N6O5. The molecule has 0 N–H and O–H groups in total. The monoisotopic (exact) mass is 662 g/mol. The molecule has 2 heterocycles. The fraction of sp³-hybridized carbons (Fsp3) is 0.784. The molecule has 10 atom stereocenters. The second-order valence-electron chi connectivity index (χ2n) is 17.3. The Hall–Kier alpha value is -3.08. The lowest BCUT2D eigenvalue weighted by atomic mass is 9.32. The lowest BCUT2D eigenvalue weighted by molar-refractivity contribution is -0.249. The maximum atomic E-state index is 13.0. The zero-order valence-electron chi connectivity index (χ0n) is 29.7. The van der Waals surface area contributed by atoms with Crippen LogP contribution < -0.4 is 0 Å². The molecule has 5 aliphatic carbocycles. The molecule has 262 valence electrons. The number of carbonyl (C=O) groups is 2. The molecule has 0 amide bonds. The van der Waals surface area contributed by atoms with Crippen molar-refractivity contribution in [3.05, 3.63) is 37.5 Å². The number of hydrogen-bond acceptors (Lipinski definition) is 9. The molecule has 0 bridgehead atoms. The topological polar surface area (TPSA) is 123 Å². The number of nitrogens with zero attached hydrogens (tertiary/aromatic N) is 6. The third-order valence-electron chi connectivity index (χ3n) is 15.3. The maximum Gasteiger partial charge on any atom is 0.436 e. The van der Waals surface area contributed by atoms with Crippen LogP contribution >= 0.6 is 0 Å². The van der Waals surface area contributed by atoms with Crippen molar-refractivity contribution >= 4 is 12.2 Å². The summed E-state index contributed by atoms with van der Waals surface area (Å²) in [6, 6.07) is 0. The summed E-state index contributed by atoms with van der Waals surface area (Å²) in [6.45, 7) is 18.0. The predicted octanol–water partition coefficient (Wildman–Crippen LogP) is 7.19. The number of aromatic nitrogens is 6. The van der Waals surface area contributed by atoms with E-state index in [1.54, 1.807) is 7.11 Å². The van der Waals surface area contributed by atoms with Crippen molar-refractivity contribution in [1.29, 1.82) is 0 Å². The molecule has 5 saturated carbocycles. The average molecular weight is 663 g/mol. The van der Waals surface area contributed by atoms with Crippen LogP contribution in [0.4, 0.5) is 9.59 Å². The normalized spacial score (nSPS) is 41.3. The second-order valence-corrected chi connectivity index (χ2v) is 17.3. The first-order valence-electron chi connectivity index (χ1n) is 18.0. The molecule has 0 saturated heterocycles. The van der Waals surface area contributed by atoms with Gasteiger partial charge < -0.3 is 14.2 Å². The van der Waals surface area contributed by atoms with Gasteiger partial charge in [0.05, 0.1) is 13.2 Å². The fourth-order valence-electron chi connectivity index (χ4n) is 13.0. The summed E-state index contributed by atoms with van der Waals surface area (Å²) >= 11 is 0.